The number of aryl methyl sites for hydroxylation is 2. The molecule has 0 saturated carbocycles. The highest BCUT2D eigenvalue weighted by Crippen LogP contribution is 2.42. The molecule has 6 nitrogen and oxygen atoms in total. The molecule has 1 aromatic heterocycles. The molecule has 1 unspecified atom stereocenters. The van der Waals surface area contributed by atoms with Crippen molar-refractivity contribution >= 4 is 17.4 Å². The second-order valence-corrected chi connectivity index (χ2v) is 8.00. The summed E-state index contributed by atoms with van der Waals surface area (Å²) in [5.74, 6) is -1.91. The zero-order valence-corrected chi connectivity index (χ0v) is 18.5. The third-order valence-electron chi connectivity index (χ3n) is 5.71. The van der Waals surface area contributed by atoms with Gasteiger partial charge in [0.2, 0.25) is 0 Å². The van der Waals surface area contributed by atoms with E-state index < -0.39 is 23.5 Å². The highest BCUT2D eigenvalue weighted by Gasteiger charge is 2.46. The minimum absolute atomic E-state index is 0.0658. The number of aliphatic hydroxyl groups is 1. The molecule has 168 valence electrons. The number of benzene rings is 2. The summed E-state index contributed by atoms with van der Waals surface area (Å²) < 4.78 is 19.1. The number of carbonyl (C=O) groups excluding carboxylic acids is 2. The van der Waals surface area contributed by atoms with Crippen molar-refractivity contribution in [2.75, 3.05) is 7.11 Å². The summed E-state index contributed by atoms with van der Waals surface area (Å²) in [5, 5.41) is 11.4. The van der Waals surface area contributed by atoms with Gasteiger partial charge in [0.25, 0.3) is 11.7 Å². The molecule has 1 atom stereocenters. The summed E-state index contributed by atoms with van der Waals surface area (Å²) in [6, 6.07) is 11.7. The van der Waals surface area contributed by atoms with Gasteiger partial charge in [-0.2, -0.15) is 0 Å². The molecule has 4 rings (SSSR count). The number of carbonyl (C=O) groups is 2. The van der Waals surface area contributed by atoms with Crippen molar-refractivity contribution in [3.05, 3.63) is 100 Å². The summed E-state index contributed by atoms with van der Waals surface area (Å²) in [4.78, 5) is 31.7. The van der Waals surface area contributed by atoms with Crippen molar-refractivity contribution in [2.24, 2.45) is 0 Å². The number of ketones is 1. The third kappa shape index (κ3) is 4.09. The Morgan fingerprint density at radius 2 is 1.76 bits per heavy atom. The van der Waals surface area contributed by atoms with Crippen molar-refractivity contribution in [3.63, 3.8) is 0 Å². The normalized spacial score (nSPS) is 17.5. The third-order valence-corrected chi connectivity index (χ3v) is 5.71. The fraction of sp³-hybridized carbons (Fsp3) is 0.192. The van der Waals surface area contributed by atoms with Crippen molar-refractivity contribution in [1.29, 1.82) is 0 Å². The first kappa shape index (κ1) is 22.2. The predicted octanol–water partition coefficient (Wildman–Crippen LogP) is 4.47. The molecule has 33 heavy (non-hydrogen) atoms. The molecule has 0 radical (unpaired) electrons. The van der Waals surface area contributed by atoms with Crippen molar-refractivity contribution in [1.82, 2.24) is 9.88 Å². The van der Waals surface area contributed by atoms with E-state index in [4.69, 9.17) is 4.74 Å². The van der Waals surface area contributed by atoms with E-state index in [-0.39, 0.29) is 17.9 Å². The Labute approximate surface area is 191 Å². The maximum Gasteiger partial charge on any atom is 0.295 e. The molecular formula is C26H23FN2O4. The Morgan fingerprint density at radius 3 is 2.39 bits per heavy atom. The van der Waals surface area contributed by atoms with Crippen LogP contribution in [0.15, 0.2) is 66.5 Å². The fourth-order valence-electron chi connectivity index (χ4n) is 4.27. The Balaban J connectivity index is 1.93. The molecule has 0 aliphatic carbocycles. The highest BCUT2D eigenvalue weighted by atomic mass is 19.1. The lowest BCUT2D eigenvalue weighted by Crippen LogP contribution is -2.29. The van der Waals surface area contributed by atoms with Crippen LogP contribution in [0.25, 0.3) is 5.76 Å². The van der Waals surface area contributed by atoms with E-state index in [2.05, 4.69) is 4.98 Å². The first-order valence-electron chi connectivity index (χ1n) is 10.4. The van der Waals surface area contributed by atoms with Gasteiger partial charge >= 0.3 is 0 Å². The maximum atomic E-state index is 13.6. The summed E-state index contributed by atoms with van der Waals surface area (Å²) in [7, 11) is 1.48. The van der Waals surface area contributed by atoms with Gasteiger partial charge in [-0.25, -0.2) is 4.39 Å². The molecule has 3 aromatic rings. The van der Waals surface area contributed by atoms with E-state index in [1.54, 1.807) is 30.6 Å². The summed E-state index contributed by atoms with van der Waals surface area (Å²) in [6.45, 7) is 3.82. The Morgan fingerprint density at radius 1 is 1.09 bits per heavy atom. The summed E-state index contributed by atoms with van der Waals surface area (Å²) >= 11 is 0. The van der Waals surface area contributed by atoms with Crippen LogP contribution in [0.1, 0.15) is 33.9 Å². The van der Waals surface area contributed by atoms with Gasteiger partial charge in [-0.05, 0) is 66.4 Å². The van der Waals surface area contributed by atoms with Gasteiger partial charge in [0.15, 0.2) is 0 Å². The molecule has 1 aliphatic rings. The lowest BCUT2D eigenvalue weighted by molar-refractivity contribution is -0.140. The van der Waals surface area contributed by atoms with E-state index in [0.29, 0.717) is 16.9 Å². The van der Waals surface area contributed by atoms with Gasteiger partial charge in [0.05, 0.1) is 24.3 Å². The molecule has 0 spiro atoms. The van der Waals surface area contributed by atoms with Crippen LogP contribution in [0.4, 0.5) is 4.39 Å². The minimum atomic E-state index is -0.899. The quantitative estimate of drug-likeness (QED) is 0.355. The number of amides is 1. The van der Waals surface area contributed by atoms with Crippen molar-refractivity contribution in [3.8, 4) is 5.75 Å². The highest BCUT2D eigenvalue weighted by molar-refractivity contribution is 6.46. The molecule has 7 heteroatoms. The molecule has 1 aliphatic heterocycles. The zero-order chi connectivity index (χ0) is 23.7. The molecule has 1 fully saturated rings. The number of hydrogen-bond donors (Lipinski definition) is 1. The number of rotatable bonds is 5. The number of ether oxygens (including phenoxy) is 1. The predicted molar refractivity (Wildman–Crippen MR) is 121 cm³/mol. The number of pyridine rings is 1. The SMILES string of the molecule is COc1c(C)cc(C)cc1/C(O)=C1\C(=O)C(=O)N(Cc2ccncc2)C1c1ccc(F)cc1. The average molecular weight is 446 g/mol. The summed E-state index contributed by atoms with van der Waals surface area (Å²) in [6.07, 6.45) is 3.19. The molecule has 2 aromatic carbocycles. The van der Waals surface area contributed by atoms with E-state index in [0.717, 1.165) is 16.7 Å². The maximum absolute atomic E-state index is 13.6. The number of hydrogen-bond acceptors (Lipinski definition) is 5. The van der Waals surface area contributed by atoms with E-state index in [1.807, 2.05) is 19.9 Å². The first-order chi connectivity index (χ1) is 15.8. The Bertz CT molecular complexity index is 1250. The van der Waals surface area contributed by atoms with Crippen LogP contribution in [0.2, 0.25) is 0 Å². The molecule has 1 N–H and O–H groups in total. The summed E-state index contributed by atoms with van der Waals surface area (Å²) in [5.41, 5.74) is 3.17. The van der Waals surface area contributed by atoms with Crippen LogP contribution in [-0.2, 0) is 16.1 Å². The van der Waals surface area contributed by atoms with Crippen LogP contribution in [-0.4, -0.2) is 33.8 Å². The second kappa shape index (κ2) is 8.86. The smallest absolute Gasteiger partial charge is 0.295 e. The number of aromatic nitrogens is 1. The van der Waals surface area contributed by atoms with E-state index in [1.165, 1.54) is 36.3 Å². The molecular weight excluding hydrogens is 423 g/mol. The lowest BCUT2D eigenvalue weighted by atomic mass is 9.93. The average Bonchev–Trinajstić information content (AvgIpc) is 3.04. The van der Waals surface area contributed by atoms with Crippen molar-refractivity contribution < 1.29 is 23.8 Å². The second-order valence-electron chi connectivity index (χ2n) is 8.00. The van der Waals surface area contributed by atoms with Gasteiger partial charge in [0.1, 0.15) is 17.3 Å². The van der Waals surface area contributed by atoms with Crippen LogP contribution in [0.3, 0.4) is 0 Å². The lowest BCUT2D eigenvalue weighted by Gasteiger charge is -2.25. The monoisotopic (exact) mass is 446 g/mol. The largest absolute Gasteiger partial charge is 0.507 e. The number of likely N-dealkylation sites (tertiary alicyclic amines) is 1. The number of halogens is 1. The van der Waals surface area contributed by atoms with Crippen LogP contribution in [0, 0.1) is 19.7 Å². The van der Waals surface area contributed by atoms with Gasteiger partial charge in [-0.3, -0.25) is 14.6 Å². The number of Topliss-reactive ketones (excluding diaryl/α,β-unsaturated/α-hetero) is 1. The topological polar surface area (TPSA) is 79.7 Å². The zero-order valence-electron chi connectivity index (χ0n) is 18.5. The van der Waals surface area contributed by atoms with Crippen molar-refractivity contribution in [2.45, 2.75) is 26.4 Å². The molecule has 1 amide bonds. The molecule has 0 bridgehead atoms. The Kier molecular flexibility index (Phi) is 5.96. The van der Waals surface area contributed by atoms with Gasteiger partial charge in [-0.15, -0.1) is 0 Å². The number of nitrogens with zero attached hydrogens (tertiary/aromatic N) is 2. The minimum Gasteiger partial charge on any atom is -0.507 e. The van der Waals surface area contributed by atoms with Crippen LogP contribution in [0.5, 0.6) is 5.75 Å². The van der Waals surface area contributed by atoms with Gasteiger partial charge in [0, 0.05) is 18.9 Å². The molecule has 2 heterocycles. The van der Waals surface area contributed by atoms with E-state index in [9.17, 15) is 19.1 Å². The standard InChI is InChI=1S/C26H23FN2O4/c1-15-12-16(2)25(33-3)20(13-15)23(30)21-22(18-4-6-19(27)7-5-18)29(26(32)24(21)31)14-17-8-10-28-11-9-17/h4-13,22,30H,14H2,1-3H3/b23-21+. The van der Waals surface area contributed by atoms with E-state index >= 15 is 0 Å². The van der Waals surface area contributed by atoms with Crippen LogP contribution < -0.4 is 4.74 Å². The van der Waals surface area contributed by atoms with Gasteiger partial charge < -0.3 is 14.7 Å². The van der Waals surface area contributed by atoms with Gasteiger partial charge in [-0.1, -0.05) is 18.2 Å². The molecule has 1 saturated heterocycles. The first-order valence-corrected chi connectivity index (χ1v) is 10.4. The number of methoxy groups -OCH3 is 1. The van der Waals surface area contributed by atoms with Crippen LogP contribution >= 0.6 is 0 Å². The fourth-order valence-corrected chi connectivity index (χ4v) is 4.27. The Hall–Kier alpha value is -4.00. The number of aliphatic hydroxyl groups excluding tert-OH is 1.